The minimum atomic E-state index is -0.806. The topological polar surface area (TPSA) is 95.9 Å². The van der Waals surface area contributed by atoms with Crippen molar-refractivity contribution in [3.63, 3.8) is 0 Å². The van der Waals surface area contributed by atoms with Crippen LogP contribution in [0.4, 0.5) is 4.79 Å². The van der Waals surface area contributed by atoms with Crippen LogP contribution in [-0.4, -0.2) is 53.7 Å². The van der Waals surface area contributed by atoms with E-state index in [2.05, 4.69) is 29.6 Å². The smallest absolute Gasteiger partial charge is 0.407 e. The van der Waals surface area contributed by atoms with E-state index in [0.29, 0.717) is 26.1 Å². The second-order valence-corrected chi connectivity index (χ2v) is 10.2. The zero-order valence-electron chi connectivity index (χ0n) is 20.0. The first-order chi connectivity index (χ1) is 16.9. The number of hydrogen-bond donors (Lipinski definition) is 2. The number of carbonyl (C=O) groups is 3. The molecule has 2 aromatic carbocycles. The lowest BCUT2D eigenvalue weighted by Gasteiger charge is -2.41. The summed E-state index contributed by atoms with van der Waals surface area (Å²) in [6, 6.07) is 16.5. The monoisotopic (exact) mass is 476 g/mol. The Labute approximate surface area is 205 Å². The number of ether oxygens (including phenoxy) is 1. The Morgan fingerprint density at radius 3 is 2.29 bits per heavy atom. The van der Waals surface area contributed by atoms with Gasteiger partial charge in [0.25, 0.3) is 0 Å². The van der Waals surface area contributed by atoms with Crippen molar-refractivity contribution in [2.75, 3.05) is 19.7 Å². The first-order valence-electron chi connectivity index (χ1n) is 12.5. The first-order valence-corrected chi connectivity index (χ1v) is 12.5. The van der Waals surface area contributed by atoms with Gasteiger partial charge in [-0.15, -0.1) is 0 Å². The van der Waals surface area contributed by atoms with Gasteiger partial charge in [0.05, 0.1) is 5.92 Å². The number of fused-ring (bicyclic) bond motifs is 3. The Hall–Kier alpha value is -3.35. The van der Waals surface area contributed by atoms with E-state index in [1.807, 2.05) is 24.3 Å². The van der Waals surface area contributed by atoms with Gasteiger partial charge in [-0.1, -0.05) is 55.5 Å². The van der Waals surface area contributed by atoms with Crippen molar-refractivity contribution < 1.29 is 24.2 Å². The number of carboxylic acid groups (broad SMARTS) is 1. The van der Waals surface area contributed by atoms with Gasteiger partial charge in [-0.25, -0.2) is 4.79 Å². The summed E-state index contributed by atoms with van der Waals surface area (Å²) in [5.74, 6) is -0.825. The minimum Gasteiger partial charge on any atom is -0.481 e. The average molecular weight is 477 g/mol. The van der Waals surface area contributed by atoms with Crippen molar-refractivity contribution in [1.82, 2.24) is 10.2 Å². The van der Waals surface area contributed by atoms with Gasteiger partial charge in [0, 0.05) is 37.4 Å². The molecular weight excluding hydrogens is 444 g/mol. The fraction of sp³-hybridized carbons (Fsp3) is 0.464. The summed E-state index contributed by atoms with van der Waals surface area (Å²) in [7, 11) is 0. The van der Waals surface area contributed by atoms with Gasteiger partial charge in [-0.2, -0.15) is 0 Å². The van der Waals surface area contributed by atoms with Crippen molar-refractivity contribution in [3.05, 3.63) is 59.7 Å². The largest absolute Gasteiger partial charge is 0.481 e. The Bertz CT molecular complexity index is 1080. The molecule has 2 aliphatic carbocycles. The number of benzene rings is 2. The quantitative estimate of drug-likeness (QED) is 0.622. The molecule has 184 valence electrons. The summed E-state index contributed by atoms with van der Waals surface area (Å²) in [4.78, 5) is 38.0. The van der Waals surface area contributed by atoms with Gasteiger partial charge in [0.15, 0.2) is 0 Å². The van der Waals surface area contributed by atoms with Crippen LogP contribution in [0.5, 0.6) is 0 Å². The maximum absolute atomic E-state index is 12.6. The van der Waals surface area contributed by atoms with E-state index in [4.69, 9.17) is 9.84 Å². The van der Waals surface area contributed by atoms with Gasteiger partial charge in [-0.05, 0) is 47.4 Å². The van der Waals surface area contributed by atoms with E-state index in [1.54, 1.807) is 11.8 Å². The molecule has 2 fully saturated rings. The summed E-state index contributed by atoms with van der Waals surface area (Å²) in [5, 5.41) is 12.1. The molecular formula is C28H32N2O5. The number of carbonyl (C=O) groups excluding carboxylic acids is 2. The molecule has 0 aromatic heterocycles. The highest BCUT2D eigenvalue weighted by Gasteiger charge is 2.38. The number of hydrogen-bond acceptors (Lipinski definition) is 4. The van der Waals surface area contributed by atoms with Crippen molar-refractivity contribution in [2.45, 2.75) is 44.6 Å². The highest BCUT2D eigenvalue weighted by atomic mass is 16.5. The zero-order chi connectivity index (χ0) is 24.5. The number of alkyl carbamates (subject to hydrolysis) is 1. The normalized spacial score (nSPS) is 22.1. The molecule has 5 rings (SSSR count). The Morgan fingerprint density at radius 2 is 1.66 bits per heavy atom. The summed E-state index contributed by atoms with van der Waals surface area (Å²) in [6.45, 7) is 3.05. The number of rotatable bonds is 7. The van der Waals surface area contributed by atoms with Crippen LogP contribution >= 0.6 is 0 Å². The van der Waals surface area contributed by atoms with E-state index < -0.39 is 18.0 Å². The van der Waals surface area contributed by atoms with Crippen LogP contribution in [0.1, 0.15) is 49.7 Å². The van der Waals surface area contributed by atoms with E-state index in [1.165, 1.54) is 22.3 Å². The predicted octanol–water partition coefficient (Wildman–Crippen LogP) is 4.26. The molecule has 2 amide bonds. The third-order valence-electron chi connectivity index (χ3n) is 8.03. The number of aliphatic carboxylic acids is 1. The molecule has 35 heavy (non-hydrogen) atoms. The molecule has 2 aromatic rings. The van der Waals surface area contributed by atoms with Crippen molar-refractivity contribution in [2.24, 2.45) is 17.8 Å². The number of nitrogens with zero attached hydrogens (tertiary/aromatic N) is 1. The molecule has 7 heteroatoms. The van der Waals surface area contributed by atoms with Crippen molar-refractivity contribution in [1.29, 1.82) is 0 Å². The molecule has 0 bridgehead atoms. The molecule has 2 N–H and O–H groups in total. The minimum absolute atomic E-state index is 0.0135. The van der Waals surface area contributed by atoms with Crippen molar-refractivity contribution >= 4 is 18.0 Å². The highest BCUT2D eigenvalue weighted by Crippen LogP contribution is 2.44. The maximum Gasteiger partial charge on any atom is 0.407 e. The number of nitrogens with one attached hydrogen (secondary N) is 1. The molecule has 1 unspecified atom stereocenters. The number of carboxylic acids is 1. The molecule has 1 saturated heterocycles. The Morgan fingerprint density at radius 1 is 1.03 bits per heavy atom. The van der Waals surface area contributed by atoms with Crippen LogP contribution in [0.15, 0.2) is 48.5 Å². The van der Waals surface area contributed by atoms with Gasteiger partial charge < -0.3 is 20.1 Å². The lowest BCUT2D eigenvalue weighted by atomic mass is 9.86. The van der Waals surface area contributed by atoms with E-state index in [0.717, 1.165) is 19.3 Å². The molecule has 1 saturated carbocycles. The van der Waals surface area contributed by atoms with Crippen LogP contribution in [-0.2, 0) is 14.3 Å². The van der Waals surface area contributed by atoms with Crippen LogP contribution in [0.3, 0.4) is 0 Å². The summed E-state index contributed by atoms with van der Waals surface area (Å²) in [6.07, 6.45) is 2.54. The number of likely N-dealkylation sites (tertiary alicyclic amines) is 1. The Kier molecular flexibility index (Phi) is 6.50. The second-order valence-electron chi connectivity index (χ2n) is 10.2. The van der Waals surface area contributed by atoms with E-state index >= 15 is 0 Å². The zero-order valence-corrected chi connectivity index (χ0v) is 20.0. The van der Waals surface area contributed by atoms with Crippen LogP contribution < -0.4 is 5.32 Å². The fourth-order valence-electron chi connectivity index (χ4n) is 5.81. The molecule has 0 spiro atoms. The summed E-state index contributed by atoms with van der Waals surface area (Å²) >= 11 is 0. The van der Waals surface area contributed by atoms with E-state index in [9.17, 15) is 14.4 Å². The predicted molar refractivity (Wildman–Crippen MR) is 131 cm³/mol. The third kappa shape index (κ3) is 4.77. The highest BCUT2D eigenvalue weighted by molar-refractivity contribution is 5.79. The lowest BCUT2D eigenvalue weighted by molar-refractivity contribution is -0.150. The average Bonchev–Trinajstić information content (AvgIpc) is 3.38. The fourth-order valence-corrected chi connectivity index (χ4v) is 5.81. The van der Waals surface area contributed by atoms with Crippen LogP contribution in [0.25, 0.3) is 11.1 Å². The SMILES string of the molecule is CC(C(=O)O)C1CN(C(=O)C[C@H]2CC[C@@H](NC(=O)OCC3c4ccccc4-c4ccccc43)C2)C1. The van der Waals surface area contributed by atoms with E-state index in [-0.39, 0.29) is 29.7 Å². The standard InChI is InChI=1S/C28H32N2O5/c1-17(27(32)33)19-14-30(15-19)26(31)13-18-10-11-20(12-18)29-28(34)35-16-25-23-8-4-2-6-21(23)22-7-3-5-9-24(22)25/h2-9,17-20,25H,10-16H2,1H3,(H,29,34)(H,32,33)/t17?,18-,20+/m0/s1. The molecule has 1 aliphatic heterocycles. The molecule has 3 atom stereocenters. The third-order valence-corrected chi connectivity index (χ3v) is 8.03. The Balaban J connectivity index is 1.07. The molecule has 1 heterocycles. The first kappa shape index (κ1) is 23.4. The lowest BCUT2D eigenvalue weighted by Crippen LogP contribution is -2.53. The van der Waals surface area contributed by atoms with Gasteiger partial charge in [-0.3, -0.25) is 9.59 Å². The van der Waals surface area contributed by atoms with Gasteiger partial charge >= 0.3 is 12.1 Å². The maximum atomic E-state index is 12.6. The summed E-state index contributed by atoms with van der Waals surface area (Å²) < 4.78 is 5.66. The molecule has 7 nitrogen and oxygen atoms in total. The molecule has 3 aliphatic rings. The van der Waals surface area contributed by atoms with Crippen molar-refractivity contribution in [3.8, 4) is 11.1 Å². The summed E-state index contributed by atoms with van der Waals surface area (Å²) in [5.41, 5.74) is 4.77. The van der Waals surface area contributed by atoms with Crippen LogP contribution in [0, 0.1) is 17.8 Å². The van der Waals surface area contributed by atoms with Gasteiger partial charge in [0.1, 0.15) is 6.61 Å². The van der Waals surface area contributed by atoms with Gasteiger partial charge in [0.2, 0.25) is 5.91 Å². The number of amides is 2. The second kappa shape index (κ2) is 9.72. The van der Waals surface area contributed by atoms with Crippen LogP contribution in [0.2, 0.25) is 0 Å². The molecule has 0 radical (unpaired) electrons.